The van der Waals surface area contributed by atoms with Crippen molar-refractivity contribution in [3.8, 4) is 0 Å². The van der Waals surface area contributed by atoms with Crippen molar-refractivity contribution in [2.45, 2.75) is 25.7 Å². The molecule has 0 radical (unpaired) electrons. The van der Waals surface area contributed by atoms with E-state index >= 15 is 0 Å². The summed E-state index contributed by atoms with van der Waals surface area (Å²) in [6.07, 6.45) is 2.92. The lowest BCUT2D eigenvalue weighted by molar-refractivity contribution is -0.137. The predicted molar refractivity (Wildman–Crippen MR) is 59.2 cm³/mol. The highest BCUT2D eigenvalue weighted by atomic mass is 35.5. The Morgan fingerprint density at radius 1 is 1.47 bits per heavy atom. The van der Waals surface area contributed by atoms with Crippen molar-refractivity contribution in [1.29, 1.82) is 0 Å². The highest BCUT2D eigenvalue weighted by Gasteiger charge is 2.23. The summed E-state index contributed by atoms with van der Waals surface area (Å²) in [7, 11) is 0. The van der Waals surface area contributed by atoms with E-state index in [1.54, 1.807) is 0 Å². The first kappa shape index (κ1) is 10.5. The van der Waals surface area contributed by atoms with Crippen molar-refractivity contribution in [3.05, 3.63) is 34.3 Å². The Bertz CT molecular complexity index is 387. The fraction of sp³-hybridized carbons (Fsp3) is 0.417. The van der Waals surface area contributed by atoms with Crippen LogP contribution in [0.15, 0.2) is 18.2 Å². The van der Waals surface area contributed by atoms with Crippen LogP contribution in [0.4, 0.5) is 0 Å². The van der Waals surface area contributed by atoms with E-state index in [2.05, 4.69) is 6.07 Å². The molecule has 15 heavy (non-hydrogen) atoms. The Morgan fingerprint density at radius 2 is 2.27 bits per heavy atom. The molecule has 0 spiro atoms. The minimum atomic E-state index is -0.711. The number of fused-ring (bicyclic) bond motifs is 1. The molecule has 1 aliphatic carbocycles. The summed E-state index contributed by atoms with van der Waals surface area (Å²) in [4.78, 5) is 10.5. The second-order valence-electron chi connectivity index (χ2n) is 4.08. The number of hydrogen-bond acceptors (Lipinski definition) is 1. The van der Waals surface area contributed by atoms with Crippen LogP contribution in [0.1, 0.15) is 24.0 Å². The fourth-order valence-corrected chi connectivity index (χ4v) is 2.50. The van der Waals surface area contributed by atoms with E-state index in [9.17, 15) is 4.79 Å². The van der Waals surface area contributed by atoms with Gasteiger partial charge in [-0.3, -0.25) is 4.79 Å². The van der Waals surface area contributed by atoms with Crippen molar-refractivity contribution in [1.82, 2.24) is 0 Å². The van der Waals surface area contributed by atoms with Gasteiger partial charge in [-0.15, -0.1) is 0 Å². The molecule has 1 atom stereocenters. The standard InChI is InChI=1S/C12H13ClO2/c13-11-3-1-2-9-6-8(7-10(9)11)4-5-12(14)15/h1-3,8H,4-7H2,(H,14,15). The molecule has 0 saturated carbocycles. The molecule has 1 aromatic rings. The molecule has 2 rings (SSSR count). The Balaban J connectivity index is 2.03. The number of carboxylic acid groups (broad SMARTS) is 1. The average molecular weight is 225 g/mol. The fourth-order valence-electron chi connectivity index (χ4n) is 2.23. The van der Waals surface area contributed by atoms with Crippen molar-refractivity contribution >= 4 is 17.6 Å². The van der Waals surface area contributed by atoms with E-state index < -0.39 is 5.97 Å². The quantitative estimate of drug-likeness (QED) is 0.857. The molecule has 0 aromatic heterocycles. The number of carbonyl (C=O) groups is 1. The van der Waals surface area contributed by atoms with Crippen LogP contribution < -0.4 is 0 Å². The van der Waals surface area contributed by atoms with Crippen LogP contribution >= 0.6 is 11.6 Å². The van der Waals surface area contributed by atoms with Gasteiger partial charge in [0.1, 0.15) is 0 Å². The molecule has 1 unspecified atom stereocenters. The Morgan fingerprint density at radius 3 is 2.93 bits per heavy atom. The molecule has 0 heterocycles. The Kier molecular flexibility index (Phi) is 2.96. The second kappa shape index (κ2) is 4.23. The zero-order chi connectivity index (χ0) is 10.8. The molecular formula is C12H13ClO2. The summed E-state index contributed by atoms with van der Waals surface area (Å²) in [5, 5.41) is 9.44. The van der Waals surface area contributed by atoms with E-state index in [0.717, 1.165) is 24.3 Å². The minimum Gasteiger partial charge on any atom is -0.481 e. The molecule has 0 amide bonds. The normalized spacial score (nSPS) is 18.9. The van der Waals surface area contributed by atoms with Crippen molar-refractivity contribution in [2.24, 2.45) is 5.92 Å². The maximum atomic E-state index is 10.5. The zero-order valence-electron chi connectivity index (χ0n) is 8.37. The van der Waals surface area contributed by atoms with Gasteiger partial charge >= 0.3 is 5.97 Å². The monoisotopic (exact) mass is 224 g/mol. The Hall–Kier alpha value is -1.02. The first-order valence-electron chi connectivity index (χ1n) is 5.15. The van der Waals surface area contributed by atoms with Crippen LogP contribution in [0.5, 0.6) is 0 Å². The lowest BCUT2D eigenvalue weighted by Crippen LogP contribution is -2.04. The van der Waals surface area contributed by atoms with Crippen molar-refractivity contribution in [3.63, 3.8) is 0 Å². The van der Waals surface area contributed by atoms with Crippen LogP contribution in [0.25, 0.3) is 0 Å². The van der Waals surface area contributed by atoms with E-state index in [-0.39, 0.29) is 6.42 Å². The van der Waals surface area contributed by atoms with Gasteiger partial charge in [-0.1, -0.05) is 23.7 Å². The van der Waals surface area contributed by atoms with Gasteiger partial charge in [0.25, 0.3) is 0 Å². The highest BCUT2D eigenvalue weighted by Crippen LogP contribution is 2.33. The number of hydrogen-bond donors (Lipinski definition) is 1. The van der Waals surface area contributed by atoms with E-state index in [0.29, 0.717) is 5.92 Å². The molecule has 0 fully saturated rings. The lowest BCUT2D eigenvalue weighted by Gasteiger charge is -2.05. The SMILES string of the molecule is O=C(O)CCC1Cc2cccc(Cl)c2C1. The van der Waals surface area contributed by atoms with Crippen molar-refractivity contribution < 1.29 is 9.90 Å². The average Bonchev–Trinajstić information content (AvgIpc) is 2.59. The second-order valence-corrected chi connectivity index (χ2v) is 4.49. The van der Waals surface area contributed by atoms with E-state index in [1.807, 2.05) is 12.1 Å². The number of benzene rings is 1. The van der Waals surface area contributed by atoms with Crippen LogP contribution in [0.3, 0.4) is 0 Å². The summed E-state index contributed by atoms with van der Waals surface area (Å²) < 4.78 is 0. The van der Waals surface area contributed by atoms with E-state index in [1.165, 1.54) is 11.1 Å². The molecular weight excluding hydrogens is 212 g/mol. The number of aliphatic carboxylic acids is 1. The molecule has 0 saturated heterocycles. The third-order valence-corrected chi connectivity index (χ3v) is 3.34. The first-order valence-corrected chi connectivity index (χ1v) is 5.52. The van der Waals surface area contributed by atoms with Crippen LogP contribution in [-0.4, -0.2) is 11.1 Å². The van der Waals surface area contributed by atoms with Gasteiger partial charge in [0.2, 0.25) is 0 Å². The van der Waals surface area contributed by atoms with Gasteiger partial charge < -0.3 is 5.11 Å². The predicted octanol–water partition coefficient (Wildman–Crippen LogP) is 2.92. The lowest BCUT2D eigenvalue weighted by atomic mass is 10.0. The molecule has 0 aliphatic heterocycles. The van der Waals surface area contributed by atoms with Gasteiger partial charge in [-0.05, 0) is 42.4 Å². The zero-order valence-corrected chi connectivity index (χ0v) is 9.13. The summed E-state index contributed by atoms with van der Waals surface area (Å²) in [5.74, 6) is -0.256. The number of halogens is 1. The molecule has 2 nitrogen and oxygen atoms in total. The molecule has 3 heteroatoms. The topological polar surface area (TPSA) is 37.3 Å². The maximum absolute atomic E-state index is 10.5. The van der Waals surface area contributed by atoms with Gasteiger partial charge in [-0.25, -0.2) is 0 Å². The van der Waals surface area contributed by atoms with Crippen LogP contribution in [0.2, 0.25) is 5.02 Å². The van der Waals surface area contributed by atoms with Gasteiger partial charge in [0.05, 0.1) is 0 Å². The summed E-state index contributed by atoms with van der Waals surface area (Å²) in [6.45, 7) is 0. The first-order chi connectivity index (χ1) is 7.16. The largest absolute Gasteiger partial charge is 0.481 e. The summed E-state index contributed by atoms with van der Waals surface area (Å²) >= 11 is 6.08. The molecule has 0 bridgehead atoms. The maximum Gasteiger partial charge on any atom is 0.303 e. The van der Waals surface area contributed by atoms with Crippen molar-refractivity contribution in [2.75, 3.05) is 0 Å². The van der Waals surface area contributed by atoms with Crippen LogP contribution in [0, 0.1) is 5.92 Å². The molecule has 1 N–H and O–H groups in total. The Labute approximate surface area is 93.9 Å². The third-order valence-electron chi connectivity index (χ3n) is 2.98. The van der Waals surface area contributed by atoms with Gasteiger partial charge in [-0.2, -0.15) is 0 Å². The van der Waals surface area contributed by atoms with E-state index in [4.69, 9.17) is 16.7 Å². The number of rotatable bonds is 3. The summed E-state index contributed by atoms with van der Waals surface area (Å²) in [5.41, 5.74) is 2.51. The van der Waals surface area contributed by atoms with Gasteiger partial charge in [0.15, 0.2) is 0 Å². The molecule has 1 aromatic carbocycles. The number of carboxylic acids is 1. The van der Waals surface area contributed by atoms with Crippen LogP contribution in [-0.2, 0) is 17.6 Å². The minimum absolute atomic E-state index is 0.260. The molecule has 80 valence electrons. The van der Waals surface area contributed by atoms with Gasteiger partial charge in [0, 0.05) is 11.4 Å². The third kappa shape index (κ3) is 2.32. The smallest absolute Gasteiger partial charge is 0.303 e. The summed E-state index contributed by atoms with van der Waals surface area (Å²) in [6, 6.07) is 5.95. The highest BCUT2D eigenvalue weighted by molar-refractivity contribution is 6.31. The molecule has 1 aliphatic rings.